The van der Waals surface area contributed by atoms with Gasteiger partial charge in [-0.25, -0.2) is 0 Å². The molecule has 0 N–H and O–H groups in total. The number of piperidine rings is 1. The number of hydrogen-bond acceptors (Lipinski definition) is 2. The Kier molecular flexibility index (Phi) is 6.25. The Hall–Kier alpha value is -0.860. The molecule has 1 fully saturated rings. The van der Waals surface area contributed by atoms with Gasteiger partial charge in [-0.3, -0.25) is 4.79 Å². The van der Waals surface area contributed by atoms with E-state index in [0.717, 1.165) is 30.2 Å². The first-order valence-electron chi connectivity index (χ1n) is 8.08. The van der Waals surface area contributed by atoms with E-state index in [1.165, 1.54) is 19.3 Å². The van der Waals surface area contributed by atoms with E-state index >= 15 is 0 Å². The molecule has 0 radical (unpaired) electrons. The summed E-state index contributed by atoms with van der Waals surface area (Å²) in [6, 6.07) is 7.74. The van der Waals surface area contributed by atoms with E-state index in [2.05, 4.69) is 18.7 Å². The normalized spacial score (nSPS) is 17.9. The van der Waals surface area contributed by atoms with Gasteiger partial charge in [-0.05, 0) is 49.5 Å². The van der Waals surface area contributed by atoms with Crippen molar-refractivity contribution in [3.63, 3.8) is 0 Å². The highest BCUT2D eigenvalue weighted by molar-refractivity contribution is 6.30. The second kappa shape index (κ2) is 7.95. The first-order valence-corrected chi connectivity index (χ1v) is 8.46. The Morgan fingerprint density at radius 1 is 1.14 bits per heavy atom. The number of halogens is 1. The Morgan fingerprint density at radius 3 is 2.33 bits per heavy atom. The van der Waals surface area contributed by atoms with Gasteiger partial charge in [0.15, 0.2) is 0 Å². The van der Waals surface area contributed by atoms with Gasteiger partial charge >= 0.3 is 0 Å². The standard InChI is InChI=1S/C18H26ClNO/c1-14(2)18(15-6-8-16(19)9-7-15)17(21)10-13-20-11-4-3-5-12-20/h6-9,14,18H,3-5,10-13H2,1-2H3/t18-/m0/s1. The summed E-state index contributed by atoms with van der Waals surface area (Å²) in [6.45, 7) is 7.47. The van der Waals surface area contributed by atoms with Gasteiger partial charge in [-0.15, -0.1) is 0 Å². The number of ketones is 1. The highest BCUT2D eigenvalue weighted by Gasteiger charge is 2.24. The minimum absolute atomic E-state index is 0.00735. The summed E-state index contributed by atoms with van der Waals surface area (Å²) in [7, 11) is 0. The van der Waals surface area contributed by atoms with Crippen LogP contribution in [0.4, 0.5) is 0 Å². The van der Waals surface area contributed by atoms with Crippen LogP contribution in [0.2, 0.25) is 5.02 Å². The summed E-state index contributed by atoms with van der Waals surface area (Å²) in [4.78, 5) is 15.1. The third-order valence-electron chi connectivity index (χ3n) is 4.37. The van der Waals surface area contributed by atoms with Gasteiger partial charge in [0.1, 0.15) is 5.78 Å². The van der Waals surface area contributed by atoms with Crippen LogP contribution in [0.25, 0.3) is 0 Å². The lowest BCUT2D eigenvalue weighted by Crippen LogP contribution is -2.32. The van der Waals surface area contributed by atoms with Gasteiger partial charge in [-0.1, -0.05) is 44.0 Å². The predicted molar refractivity (Wildman–Crippen MR) is 88.9 cm³/mol. The number of Topliss-reactive ketones (excluding diaryl/α,β-unsaturated/α-hetero) is 1. The summed E-state index contributed by atoms with van der Waals surface area (Å²) in [6.07, 6.45) is 4.55. The minimum Gasteiger partial charge on any atom is -0.303 e. The fourth-order valence-corrected chi connectivity index (χ4v) is 3.35. The molecule has 2 nitrogen and oxygen atoms in total. The maximum Gasteiger partial charge on any atom is 0.141 e. The lowest BCUT2D eigenvalue weighted by Gasteiger charge is -2.27. The van der Waals surface area contributed by atoms with E-state index in [0.29, 0.717) is 18.1 Å². The largest absolute Gasteiger partial charge is 0.303 e. The van der Waals surface area contributed by atoms with Crippen LogP contribution in [0, 0.1) is 5.92 Å². The topological polar surface area (TPSA) is 20.3 Å². The average Bonchev–Trinajstić information content (AvgIpc) is 2.48. The number of nitrogens with zero attached hydrogens (tertiary/aromatic N) is 1. The number of carbonyl (C=O) groups is 1. The minimum atomic E-state index is -0.00735. The lowest BCUT2D eigenvalue weighted by atomic mass is 9.84. The third-order valence-corrected chi connectivity index (χ3v) is 4.62. The maximum absolute atomic E-state index is 12.7. The van der Waals surface area contributed by atoms with E-state index in [-0.39, 0.29) is 5.92 Å². The van der Waals surface area contributed by atoms with E-state index in [4.69, 9.17) is 11.6 Å². The van der Waals surface area contributed by atoms with Gasteiger partial charge in [0.2, 0.25) is 0 Å². The van der Waals surface area contributed by atoms with E-state index in [1.807, 2.05) is 24.3 Å². The summed E-state index contributed by atoms with van der Waals surface area (Å²) in [5.74, 6) is 0.671. The van der Waals surface area contributed by atoms with Crippen molar-refractivity contribution in [3.05, 3.63) is 34.9 Å². The summed E-state index contributed by atoms with van der Waals surface area (Å²) >= 11 is 5.95. The smallest absolute Gasteiger partial charge is 0.141 e. The molecule has 1 aliphatic rings. The molecule has 1 aromatic carbocycles. The van der Waals surface area contributed by atoms with Crippen LogP contribution < -0.4 is 0 Å². The van der Waals surface area contributed by atoms with Crippen LogP contribution in [0.1, 0.15) is 51.0 Å². The van der Waals surface area contributed by atoms with Gasteiger partial charge in [0, 0.05) is 23.9 Å². The van der Waals surface area contributed by atoms with Crippen molar-refractivity contribution in [1.82, 2.24) is 4.90 Å². The lowest BCUT2D eigenvalue weighted by molar-refractivity contribution is -0.121. The van der Waals surface area contributed by atoms with E-state index in [9.17, 15) is 4.79 Å². The molecule has 1 aromatic rings. The fourth-order valence-electron chi connectivity index (χ4n) is 3.22. The number of rotatable bonds is 6. The Balaban J connectivity index is 1.97. The van der Waals surface area contributed by atoms with Crippen LogP contribution in [-0.4, -0.2) is 30.3 Å². The van der Waals surface area contributed by atoms with E-state index < -0.39 is 0 Å². The molecule has 2 rings (SSSR count). The average molecular weight is 308 g/mol. The molecule has 1 atom stereocenters. The number of benzene rings is 1. The predicted octanol–water partition coefficient (Wildman–Crippen LogP) is 4.52. The molecule has 21 heavy (non-hydrogen) atoms. The van der Waals surface area contributed by atoms with Gasteiger partial charge in [0.05, 0.1) is 0 Å². The summed E-state index contributed by atoms with van der Waals surface area (Å²) in [5, 5.41) is 0.724. The van der Waals surface area contributed by atoms with Gasteiger partial charge in [-0.2, -0.15) is 0 Å². The quantitative estimate of drug-likeness (QED) is 0.770. The molecule has 116 valence electrons. The molecular formula is C18H26ClNO. The van der Waals surface area contributed by atoms with Crippen molar-refractivity contribution < 1.29 is 4.79 Å². The zero-order valence-electron chi connectivity index (χ0n) is 13.1. The highest BCUT2D eigenvalue weighted by atomic mass is 35.5. The molecule has 3 heteroatoms. The molecule has 1 heterocycles. The molecule has 0 bridgehead atoms. The Labute approximate surface area is 133 Å². The fraction of sp³-hybridized carbons (Fsp3) is 0.611. The molecule has 1 saturated heterocycles. The van der Waals surface area contributed by atoms with Crippen molar-refractivity contribution in [1.29, 1.82) is 0 Å². The Bertz CT molecular complexity index is 449. The molecular weight excluding hydrogens is 282 g/mol. The van der Waals surface area contributed by atoms with Crippen LogP contribution in [0.5, 0.6) is 0 Å². The molecule has 0 amide bonds. The first kappa shape index (κ1) is 16.5. The first-order chi connectivity index (χ1) is 10.1. The zero-order chi connectivity index (χ0) is 15.2. The molecule has 0 unspecified atom stereocenters. The van der Waals surface area contributed by atoms with Crippen molar-refractivity contribution >= 4 is 17.4 Å². The molecule has 0 aliphatic carbocycles. The number of hydrogen-bond donors (Lipinski definition) is 0. The van der Waals surface area contributed by atoms with Gasteiger partial charge in [0.25, 0.3) is 0 Å². The van der Waals surface area contributed by atoms with Crippen LogP contribution in [-0.2, 0) is 4.79 Å². The Morgan fingerprint density at radius 2 is 1.76 bits per heavy atom. The monoisotopic (exact) mass is 307 g/mol. The summed E-state index contributed by atoms with van der Waals surface area (Å²) < 4.78 is 0. The van der Waals surface area contributed by atoms with E-state index in [1.54, 1.807) is 0 Å². The molecule has 0 aromatic heterocycles. The zero-order valence-corrected chi connectivity index (χ0v) is 13.9. The van der Waals surface area contributed by atoms with Crippen molar-refractivity contribution in [2.45, 2.75) is 45.4 Å². The number of likely N-dealkylation sites (tertiary alicyclic amines) is 1. The second-order valence-corrected chi connectivity index (χ2v) is 6.83. The van der Waals surface area contributed by atoms with Crippen molar-refractivity contribution in [3.8, 4) is 0 Å². The van der Waals surface area contributed by atoms with Crippen LogP contribution in [0.3, 0.4) is 0 Å². The van der Waals surface area contributed by atoms with Crippen molar-refractivity contribution in [2.24, 2.45) is 5.92 Å². The maximum atomic E-state index is 12.7. The second-order valence-electron chi connectivity index (χ2n) is 6.39. The van der Waals surface area contributed by atoms with Crippen LogP contribution >= 0.6 is 11.6 Å². The summed E-state index contributed by atoms with van der Waals surface area (Å²) in [5.41, 5.74) is 1.10. The SMILES string of the molecule is CC(C)[C@H](C(=O)CCN1CCCCC1)c1ccc(Cl)cc1. The molecule has 1 aliphatic heterocycles. The molecule has 0 saturated carbocycles. The number of carbonyl (C=O) groups excluding carboxylic acids is 1. The highest BCUT2D eigenvalue weighted by Crippen LogP contribution is 2.28. The third kappa shape index (κ3) is 4.82. The van der Waals surface area contributed by atoms with Crippen molar-refractivity contribution in [2.75, 3.05) is 19.6 Å². The van der Waals surface area contributed by atoms with Gasteiger partial charge < -0.3 is 4.90 Å². The van der Waals surface area contributed by atoms with Crippen LogP contribution in [0.15, 0.2) is 24.3 Å². The molecule has 0 spiro atoms.